The molecular formula is C21H21NO3. The van der Waals surface area contributed by atoms with Crippen LogP contribution in [0.25, 0.3) is 11.3 Å². The van der Waals surface area contributed by atoms with Gasteiger partial charge in [0, 0.05) is 11.6 Å². The fourth-order valence-electron chi connectivity index (χ4n) is 2.45. The van der Waals surface area contributed by atoms with E-state index in [1.807, 2.05) is 42.5 Å². The van der Waals surface area contributed by atoms with Crippen LogP contribution in [0.5, 0.6) is 0 Å². The largest absolute Gasteiger partial charge is 0.455 e. The predicted octanol–water partition coefficient (Wildman–Crippen LogP) is 5.00. The molecule has 0 radical (unpaired) electrons. The molecule has 0 atom stereocenters. The maximum Gasteiger partial charge on any atom is 0.338 e. The second kappa shape index (κ2) is 6.93. The van der Waals surface area contributed by atoms with Crippen molar-refractivity contribution >= 4 is 5.97 Å². The number of hydrogen-bond donors (Lipinski definition) is 0. The number of hydrogen-bond acceptors (Lipinski definition) is 4. The van der Waals surface area contributed by atoms with Crippen molar-refractivity contribution < 1.29 is 14.1 Å². The van der Waals surface area contributed by atoms with Crippen LogP contribution in [0.3, 0.4) is 0 Å². The Morgan fingerprint density at radius 3 is 2.36 bits per heavy atom. The molecule has 0 aliphatic carbocycles. The smallest absolute Gasteiger partial charge is 0.338 e. The van der Waals surface area contributed by atoms with Crippen LogP contribution in [0.4, 0.5) is 0 Å². The van der Waals surface area contributed by atoms with Crippen LogP contribution >= 0.6 is 0 Å². The Morgan fingerprint density at radius 2 is 1.72 bits per heavy atom. The molecule has 2 aromatic carbocycles. The first-order chi connectivity index (χ1) is 11.9. The molecule has 4 nitrogen and oxygen atoms in total. The number of esters is 1. The summed E-state index contributed by atoms with van der Waals surface area (Å²) in [5, 5.41) is 3.95. The van der Waals surface area contributed by atoms with E-state index < -0.39 is 0 Å². The lowest BCUT2D eigenvalue weighted by Crippen LogP contribution is -2.12. The average Bonchev–Trinajstić information content (AvgIpc) is 3.09. The average molecular weight is 335 g/mol. The van der Waals surface area contributed by atoms with Gasteiger partial charge in [-0.05, 0) is 23.1 Å². The summed E-state index contributed by atoms with van der Waals surface area (Å²) in [5.74, 6) is 0.283. The van der Waals surface area contributed by atoms with Gasteiger partial charge in [0.2, 0.25) is 0 Å². The lowest BCUT2D eigenvalue weighted by Gasteiger charge is -2.18. The molecule has 0 saturated heterocycles. The predicted molar refractivity (Wildman–Crippen MR) is 96.2 cm³/mol. The highest BCUT2D eigenvalue weighted by Crippen LogP contribution is 2.23. The number of carbonyl (C=O) groups is 1. The normalized spacial score (nSPS) is 11.3. The Labute approximate surface area is 147 Å². The van der Waals surface area contributed by atoms with Crippen molar-refractivity contribution in [2.24, 2.45) is 0 Å². The molecule has 0 fully saturated rings. The molecule has 0 spiro atoms. The Balaban J connectivity index is 1.62. The Hall–Kier alpha value is -2.88. The summed E-state index contributed by atoms with van der Waals surface area (Å²) in [4.78, 5) is 12.2. The van der Waals surface area contributed by atoms with E-state index >= 15 is 0 Å². The molecule has 0 unspecified atom stereocenters. The molecule has 25 heavy (non-hydrogen) atoms. The van der Waals surface area contributed by atoms with Crippen LogP contribution in [-0.2, 0) is 16.8 Å². The van der Waals surface area contributed by atoms with Crippen LogP contribution in [-0.4, -0.2) is 11.1 Å². The monoisotopic (exact) mass is 335 g/mol. The maximum absolute atomic E-state index is 12.2. The number of aromatic nitrogens is 1. The summed E-state index contributed by atoms with van der Waals surface area (Å²) in [5.41, 5.74) is 3.27. The van der Waals surface area contributed by atoms with E-state index in [0.29, 0.717) is 17.0 Å². The Kier molecular flexibility index (Phi) is 4.70. The van der Waals surface area contributed by atoms with Crippen LogP contribution in [0.2, 0.25) is 0 Å². The van der Waals surface area contributed by atoms with Crippen molar-refractivity contribution in [1.82, 2.24) is 5.16 Å². The molecule has 0 bridgehead atoms. The third-order valence-electron chi connectivity index (χ3n) is 3.96. The summed E-state index contributed by atoms with van der Waals surface area (Å²) in [6, 6.07) is 19.0. The molecule has 3 rings (SSSR count). The molecule has 0 aliphatic heterocycles. The van der Waals surface area contributed by atoms with Gasteiger partial charge in [0.15, 0.2) is 5.76 Å². The standard InChI is InChI=1S/C21H21NO3/c1-21(2,3)17-11-9-16(10-12-17)20(23)24-14-18-13-19(25-22-18)15-7-5-4-6-8-15/h4-13H,14H2,1-3H3. The Morgan fingerprint density at radius 1 is 1.04 bits per heavy atom. The van der Waals surface area contributed by atoms with Gasteiger partial charge < -0.3 is 9.26 Å². The van der Waals surface area contributed by atoms with Crippen molar-refractivity contribution in [2.75, 3.05) is 0 Å². The van der Waals surface area contributed by atoms with E-state index in [1.165, 1.54) is 5.56 Å². The number of ether oxygens (including phenoxy) is 1. The van der Waals surface area contributed by atoms with Gasteiger partial charge in [0.05, 0.1) is 5.56 Å². The summed E-state index contributed by atoms with van der Waals surface area (Å²) in [6.45, 7) is 6.48. The van der Waals surface area contributed by atoms with E-state index in [-0.39, 0.29) is 18.0 Å². The van der Waals surface area contributed by atoms with Gasteiger partial charge in [-0.1, -0.05) is 68.4 Å². The fourth-order valence-corrected chi connectivity index (χ4v) is 2.45. The second-order valence-corrected chi connectivity index (χ2v) is 6.95. The fraction of sp³-hybridized carbons (Fsp3) is 0.238. The molecule has 128 valence electrons. The van der Waals surface area contributed by atoms with Gasteiger partial charge in [-0.2, -0.15) is 0 Å². The zero-order chi connectivity index (χ0) is 17.9. The molecule has 0 aliphatic rings. The van der Waals surface area contributed by atoms with Crippen LogP contribution in [0, 0.1) is 0 Å². The van der Waals surface area contributed by atoms with E-state index in [9.17, 15) is 4.79 Å². The minimum Gasteiger partial charge on any atom is -0.455 e. The molecular weight excluding hydrogens is 314 g/mol. The molecule has 4 heteroatoms. The summed E-state index contributed by atoms with van der Waals surface area (Å²) < 4.78 is 10.6. The minimum atomic E-state index is -0.371. The van der Waals surface area contributed by atoms with Gasteiger partial charge in [-0.3, -0.25) is 0 Å². The van der Waals surface area contributed by atoms with E-state index in [0.717, 1.165) is 5.56 Å². The highest BCUT2D eigenvalue weighted by Gasteiger charge is 2.15. The SMILES string of the molecule is CC(C)(C)c1ccc(C(=O)OCc2cc(-c3ccccc3)on2)cc1. The summed E-state index contributed by atoms with van der Waals surface area (Å²) in [6.07, 6.45) is 0. The van der Waals surface area contributed by atoms with Crippen molar-refractivity contribution in [1.29, 1.82) is 0 Å². The van der Waals surface area contributed by atoms with Crippen molar-refractivity contribution in [2.45, 2.75) is 32.8 Å². The molecule has 0 saturated carbocycles. The minimum absolute atomic E-state index is 0.0526. The molecule has 0 N–H and O–H groups in total. The topological polar surface area (TPSA) is 52.3 Å². The van der Waals surface area contributed by atoms with Gasteiger partial charge in [-0.15, -0.1) is 0 Å². The zero-order valence-corrected chi connectivity index (χ0v) is 14.7. The quantitative estimate of drug-likeness (QED) is 0.630. The van der Waals surface area contributed by atoms with Crippen LogP contribution in [0.1, 0.15) is 42.4 Å². The van der Waals surface area contributed by atoms with Crippen molar-refractivity contribution in [3.05, 3.63) is 77.5 Å². The first-order valence-corrected chi connectivity index (χ1v) is 8.22. The number of nitrogens with zero attached hydrogens (tertiary/aromatic N) is 1. The number of benzene rings is 2. The van der Waals surface area contributed by atoms with E-state index in [1.54, 1.807) is 18.2 Å². The molecule has 1 aromatic heterocycles. The van der Waals surface area contributed by atoms with Crippen LogP contribution in [0.15, 0.2) is 65.2 Å². The summed E-state index contributed by atoms with van der Waals surface area (Å²) in [7, 11) is 0. The highest BCUT2D eigenvalue weighted by atomic mass is 16.5. The third kappa shape index (κ3) is 4.15. The summed E-state index contributed by atoms with van der Waals surface area (Å²) >= 11 is 0. The lowest BCUT2D eigenvalue weighted by atomic mass is 9.87. The molecule has 3 aromatic rings. The van der Waals surface area contributed by atoms with Crippen molar-refractivity contribution in [3.8, 4) is 11.3 Å². The number of rotatable bonds is 4. The Bertz CT molecular complexity index is 843. The first kappa shape index (κ1) is 17.0. The molecule has 0 amide bonds. The van der Waals surface area contributed by atoms with Gasteiger partial charge >= 0.3 is 5.97 Å². The third-order valence-corrected chi connectivity index (χ3v) is 3.96. The van der Waals surface area contributed by atoms with Gasteiger partial charge in [0.25, 0.3) is 0 Å². The van der Waals surface area contributed by atoms with Crippen LogP contribution < -0.4 is 0 Å². The zero-order valence-electron chi connectivity index (χ0n) is 14.7. The first-order valence-electron chi connectivity index (χ1n) is 8.22. The van der Waals surface area contributed by atoms with Crippen molar-refractivity contribution in [3.63, 3.8) is 0 Å². The number of carbonyl (C=O) groups excluding carboxylic acids is 1. The second-order valence-electron chi connectivity index (χ2n) is 6.95. The van der Waals surface area contributed by atoms with Gasteiger partial charge in [-0.25, -0.2) is 4.79 Å². The molecule has 1 heterocycles. The van der Waals surface area contributed by atoms with E-state index in [2.05, 4.69) is 25.9 Å². The lowest BCUT2D eigenvalue weighted by molar-refractivity contribution is 0.0464. The maximum atomic E-state index is 12.2. The van der Waals surface area contributed by atoms with Gasteiger partial charge in [0.1, 0.15) is 12.3 Å². The van der Waals surface area contributed by atoms with E-state index in [4.69, 9.17) is 9.26 Å². The highest BCUT2D eigenvalue weighted by molar-refractivity contribution is 5.89.